The summed E-state index contributed by atoms with van der Waals surface area (Å²) in [5.74, 6) is 10.8. The Hall–Kier alpha value is -0.240. The normalized spacial score (nSPS) is 20.5. The van der Waals surface area contributed by atoms with E-state index in [9.17, 15) is 0 Å². The fourth-order valence-electron chi connectivity index (χ4n) is 18.1. The highest BCUT2D eigenvalue weighted by Crippen LogP contribution is 2.49. The van der Waals surface area contributed by atoms with Gasteiger partial charge in [0.05, 0.1) is 12.2 Å². The largest absolute Gasteiger partial charge is 0.381 e. The van der Waals surface area contributed by atoms with Crippen molar-refractivity contribution in [2.45, 2.75) is 429 Å². The lowest BCUT2D eigenvalue weighted by Gasteiger charge is -2.45. The van der Waals surface area contributed by atoms with Crippen molar-refractivity contribution in [2.24, 2.45) is 105 Å². The SMILES string of the molecule is CC.CC.CC.CC.CC.CC.CC.CC(C)C1(C(C)C)CCCCC1.CC(C)C1(C(C)C)CCCCN1.CC(C)C1(C(C)C)CCCCO1.CC(C)C1(C(C)C)CCCN1.CC(C)C1(C(C)C)CCCNC1.CC(C)C1(C(C)C)CCCOC1.CC(C)C1(C(C)C)CCOCC1. The smallest absolute Gasteiger partial charge is 0.0728 e. The van der Waals surface area contributed by atoms with Crippen molar-refractivity contribution in [3.05, 3.63) is 0 Å². The first-order valence-corrected chi connectivity index (χ1v) is 43.7. The maximum atomic E-state index is 5.99. The van der Waals surface area contributed by atoms with E-state index in [0.717, 1.165) is 104 Å². The van der Waals surface area contributed by atoms with Crippen molar-refractivity contribution in [1.82, 2.24) is 16.0 Å². The van der Waals surface area contributed by atoms with E-state index >= 15 is 0 Å². The summed E-state index contributed by atoms with van der Waals surface area (Å²) in [7, 11) is 0. The van der Waals surface area contributed by atoms with Crippen LogP contribution in [-0.4, -0.2) is 75.9 Å². The lowest BCUT2D eigenvalue weighted by atomic mass is 9.61. The standard InChI is InChI=1S/C12H24.2C11H23N.3C11H22O.C10H21N.7C2H6/c1-10(2)12(11(3)4)8-6-5-7-9-12;1-9(2)11(10(3)4)6-5-7-12-8-11;1-9(2)11(10(3)4)7-5-6-8-12-11;1-9(2)11(10(3)4)5-7-12-8-6-11;1-9(2)11(10(3)4)6-5-7-12-8-11;1-9(2)11(10(3)4)7-5-6-8-12-11;1-8(2)10(9(3)4)6-5-7-11-10;7*1-2/h10-11H,5-9H2,1-4H3;2*9-10,12H,5-8H2,1-4H3;3*9-10H,5-8H2,1-4H3;8-9,11H,5-7H2,1-4H3;7*1-2H3. The van der Waals surface area contributed by atoms with Gasteiger partial charge in [0.2, 0.25) is 0 Å². The van der Waals surface area contributed by atoms with Crippen LogP contribution in [0, 0.1) is 105 Å². The van der Waals surface area contributed by atoms with Crippen molar-refractivity contribution in [3.8, 4) is 0 Å². The lowest BCUT2D eigenvalue weighted by Crippen LogP contribution is -2.56. The number of nitrogens with one attached hydrogen (secondary N) is 3. The molecule has 0 aromatic carbocycles. The molecule has 1 saturated carbocycles. The van der Waals surface area contributed by atoms with E-state index < -0.39 is 0 Å². The molecule has 6 heteroatoms. The van der Waals surface area contributed by atoms with E-state index in [4.69, 9.17) is 14.2 Å². The molecule has 7 fully saturated rings. The summed E-state index contributed by atoms with van der Waals surface area (Å²) in [6.45, 7) is 103. The van der Waals surface area contributed by atoms with Gasteiger partial charge < -0.3 is 30.2 Å². The first kappa shape index (κ1) is 110. The van der Waals surface area contributed by atoms with Crippen molar-refractivity contribution in [3.63, 3.8) is 0 Å². The Morgan fingerprint density at radius 2 is 0.536 bits per heavy atom. The van der Waals surface area contributed by atoms with Crippen LogP contribution in [0.4, 0.5) is 0 Å². The second-order valence-electron chi connectivity index (χ2n) is 33.0. The lowest BCUT2D eigenvalue weighted by molar-refractivity contribution is -0.137. The molecule has 6 aliphatic heterocycles. The summed E-state index contributed by atoms with van der Waals surface area (Å²) < 4.78 is 17.0. The predicted molar refractivity (Wildman–Crippen MR) is 449 cm³/mol. The minimum Gasteiger partial charge on any atom is -0.381 e. The summed E-state index contributed by atoms with van der Waals surface area (Å²) in [5.41, 5.74) is 3.31. The summed E-state index contributed by atoms with van der Waals surface area (Å²) in [4.78, 5) is 0. The van der Waals surface area contributed by atoms with Crippen molar-refractivity contribution in [1.29, 1.82) is 0 Å². The van der Waals surface area contributed by atoms with Gasteiger partial charge in [-0.15, -0.1) is 0 Å². The third kappa shape index (κ3) is 36.1. The van der Waals surface area contributed by atoms with Crippen molar-refractivity contribution < 1.29 is 14.2 Å². The van der Waals surface area contributed by atoms with Crippen molar-refractivity contribution in [2.75, 3.05) is 59.2 Å². The Kier molecular flexibility index (Phi) is 70.4. The van der Waals surface area contributed by atoms with Gasteiger partial charge in [0, 0.05) is 44.1 Å². The minimum absolute atomic E-state index is 0.179. The third-order valence-corrected chi connectivity index (χ3v) is 25.3. The fourth-order valence-corrected chi connectivity index (χ4v) is 18.1. The van der Waals surface area contributed by atoms with E-state index in [1.165, 1.54) is 148 Å². The molecule has 97 heavy (non-hydrogen) atoms. The van der Waals surface area contributed by atoms with E-state index in [-0.39, 0.29) is 5.60 Å². The zero-order valence-corrected chi connectivity index (χ0v) is 76.1. The molecular weight excluding hydrogens is 1180 g/mol. The maximum Gasteiger partial charge on any atom is 0.0728 e. The topological polar surface area (TPSA) is 63.8 Å². The second-order valence-corrected chi connectivity index (χ2v) is 33.0. The maximum absolute atomic E-state index is 5.99. The molecule has 6 heterocycles. The summed E-state index contributed by atoms with van der Waals surface area (Å²) in [6, 6.07) is 0. The van der Waals surface area contributed by atoms with E-state index in [1.807, 2.05) is 96.9 Å². The molecule has 3 N–H and O–H groups in total. The van der Waals surface area contributed by atoms with Crippen LogP contribution in [-0.2, 0) is 14.2 Å². The number of hydrogen-bond donors (Lipinski definition) is 3. The third-order valence-electron chi connectivity index (χ3n) is 25.3. The molecule has 6 saturated heterocycles. The highest BCUT2D eigenvalue weighted by atomic mass is 16.5. The molecule has 7 rings (SSSR count). The van der Waals surface area contributed by atoms with Crippen LogP contribution in [0.2, 0.25) is 0 Å². The molecule has 0 spiro atoms. The summed E-state index contributed by atoms with van der Waals surface area (Å²) >= 11 is 0. The zero-order valence-electron chi connectivity index (χ0n) is 76.1. The predicted octanol–water partition coefficient (Wildman–Crippen LogP) is 28.8. The van der Waals surface area contributed by atoms with Gasteiger partial charge in [-0.05, 0) is 220 Å². The molecule has 0 bridgehead atoms. The number of hydrogen-bond acceptors (Lipinski definition) is 6. The van der Waals surface area contributed by atoms with Gasteiger partial charge in [0.15, 0.2) is 0 Å². The fraction of sp³-hybridized carbons (Fsp3) is 1.00. The van der Waals surface area contributed by atoms with Crippen LogP contribution < -0.4 is 16.0 Å². The Morgan fingerprint density at radius 3 is 0.732 bits per heavy atom. The average molecular weight is 1380 g/mol. The first-order chi connectivity index (χ1) is 45.7. The Balaban J connectivity index is -0.000000189. The highest BCUT2D eigenvalue weighted by Gasteiger charge is 2.44. The molecular formula is C91H199N3O3. The Labute approximate surface area is 620 Å². The first-order valence-electron chi connectivity index (χ1n) is 43.7. The Bertz CT molecular complexity index is 1250. The number of rotatable bonds is 14. The van der Waals surface area contributed by atoms with Gasteiger partial charge in [-0.25, -0.2) is 0 Å². The van der Waals surface area contributed by atoms with Crippen LogP contribution in [0.25, 0.3) is 0 Å². The molecule has 0 aromatic heterocycles. The minimum atomic E-state index is 0.179. The van der Waals surface area contributed by atoms with Gasteiger partial charge in [-0.2, -0.15) is 0 Å². The summed E-state index contributed by atoms with van der Waals surface area (Å²) in [6.07, 6.45) is 25.9. The van der Waals surface area contributed by atoms with E-state index in [2.05, 4.69) is 210 Å². The van der Waals surface area contributed by atoms with Crippen LogP contribution in [0.3, 0.4) is 0 Å². The van der Waals surface area contributed by atoms with Crippen LogP contribution in [0.5, 0.6) is 0 Å². The quantitative estimate of drug-likeness (QED) is 0.161. The van der Waals surface area contributed by atoms with Gasteiger partial charge in [-0.1, -0.05) is 316 Å². The summed E-state index contributed by atoms with van der Waals surface area (Å²) in [5, 5.41) is 10.9. The molecule has 596 valence electrons. The van der Waals surface area contributed by atoms with Gasteiger partial charge in [-0.3, -0.25) is 0 Å². The highest BCUT2D eigenvalue weighted by molar-refractivity contribution is 4.99. The second kappa shape index (κ2) is 62.0. The number of piperidine rings is 2. The van der Waals surface area contributed by atoms with Crippen molar-refractivity contribution >= 4 is 0 Å². The molecule has 1 aliphatic carbocycles. The Morgan fingerprint density at radius 1 is 0.227 bits per heavy atom. The van der Waals surface area contributed by atoms with Crippen LogP contribution >= 0.6 is 0 Å². The van der Waals surface area contributed by atoms with E-state index in [0.29, 0.717) is 44.6 Å². The zero-order chi connectivity index (χ0) is 77.6. The molecule has 7 aliphatic rings. The molecule has 0 radical (unpaired) electrons. The van der Waals surface area contributed by atoms with Crippen LogP contribution in [0.15, 0.2) is 0 Å². The molecule has 0 amide bonds. The average Bonchev–Trinajstić information content (AvgIpc) is 1.90. The molecule has 0 atom stereocenters. The van der Waals surface area contributed by atoms with Gasteiger partial charge in [0.25, 0.3) is 0 Å². The van der Waals surface area contributed by atoms with Gasteiger partial charge in [0.1, 0.15) is 0 Å². The van der Waals surface area contributed by atoms with Crippen LogP contribution in [0.1, 0.15) is 413 Å². The monoisotopic (exact) mass is 1380 g/mol. The van der Waals surface area contributed by atoms with E-state index in [1.54, 1.807) is 0 Å². The molecule has 0 aromatic rings. The number of ether oxygens (including phenoxy) is 3. The van der Waals surface area contributed by atoms with Gasteiger partial charge >= 0.3 is 0 Å². The molecule has 0 unspecified atom stereocenters. The molecule has 6 nitrogen and oxygen atoms in total.